The third kappa shape index (κ3) is 4.61. The van der Waals surface area contributed by atoms with E-state index < -0.39 is 26.8 Å². The number of ether oxygens (including phenoxy) is 2. The summed E-state index contributed by atoms with van der Waals surface area (Å²) in [5.74, 6) is -0.445. The number of hydrogen-bond acceptors (Lipinski definition) is 11. The first-order valence-electron chi connectivity index (χ1n) is 10.6. The summed E-state index contributed by atoms with van der Waals surface area (Å²) in [6.07, 6.45) is 5.70. The fourth-order valence-electron chi connectivity index (χ4n) is 3.38. The highest BCUT2D eigenvalue weighted by atomic mass is 32.2. The third-order valence-corrected chi connectivity index (χ3v) is 7.42. The lowest BCUT2D eigenvalue weighted by atomic mass is 10.1. The van der Waals surface area contributed by atoms with Gasteiger partial charge in [0.2, 0.25) is 27.7 Å². The van der Waals surface area contributed by atoms with Crippen molar-refractivity contribution in [2.24, 2.45) is 7.05 Å². The van der Waals surface area contributed by atoms with Gasteiger partial charge in [-0.2, -0.15) is 5.10 Å². The summed E-state index contributed by atoms with van der Waals surface area (Å²) in [6.45, 7) is 3.23. The summed E-state index contributed by atoms with van der Waals surface area (Å²) in [5.41, 5.74) is 0.0737. The molecule has 0 radical (unpaired) electrons. The van der Waals surface area contributed by atoms with Gasteiger partial charge in [-0.25, -0.2) is 23.0 Å². The van der Waals surface area contributed by atoms with Gasteiger partial charge < -0.3 is 14.5 Å². The van der Waals surface area contributed by atoms with Gasteiger partial charge in [-0.1, -0.05) is 6.92 Å². The van der Waals surface area contributed by atoms with Crippen LogP contribution in [0.4, 0.5) is 5.95 Å². The molecule has 36 heavy (non-hydrogen) atoms. The first kappa shape index (κ1) is 24.8. The molecule has 2 atom stereocenters. The highest BCUT2D eigenvalue weighted by Crippen LogP contribution is 2.29. The predicted molar refractivity (Wildman–Crippen MR) is 128 cm³/mol. The summed E-state index contributed by atoms with van der Waals surface area (Å²) in [6, 6.07) is 1.64. The summed E-state index contributed by atoms with van der Waals surface area (Å²) in [7, 11) is 0.423. The van der Waals surface area contributed by atoms with Crippen LogP contribution in [0.25, 0.3) is 17.2 Å². The number of aromatic amines is 1. The normalized spacial score (nSPS) is 13.2. The average molecular weight is 517 g/mol. The van der Waals surface area contributed by atoms with Gasteiger partial charge in [-0.3, -0.25) is 19.2 Å². The Morgan fingerprint density at radius 3 is 2.47 bits per heavy atom. The average Bonchev–Trinajstić information content (AvgIpc) is 3.48. The number of H-pyrrole nitrogens is 1. The summed E-state index contributed by atoms with van der Waals surface area (Å²) in [4.78, 5) is 27.6. The van der Waals surface area contributed by atoms with Gasteiger partial charge in [0.25, 0.3) is 5.56 Å². The molecule has 4 heterocycles. The zero-order chi connectivity index (χ0) is 26.0. The largest absolute Gasteiger partial charge is 0.480 e. The van der Waals surface area contributed by atoms with Crippen LogP contribution in [-0.4, -0.2) is 72.4 Å². The molecule has 0 spiro atoms. The molecule has 4 rings (SSSR count). The van der Waals surface area contributed by atoms with Crippen molar-refractivity contribution in [2.45, 2.75) is 25.0 Å². The van der Waals surface area contributed by atoms with E-state index in [-0.39, 0.29) is 23.3 Å². The van der Waals surface area contributed by atoms with Crippen molar-refractivity contribution in [1.82, 2.24) is 44.5 Å². The Hall–Kier alpha value is -4.34. The number of aryl methyl sites for hydroxylation is 1. The van der Waals surface area contributed by atoms with Crippen molar-refractivity contribution in [2.75, 3.05) is 18.9 Å². The Morgan fingerprint density at radius 1 is 1.08 bits per heavy atom. The molecule has 4 aromatic heterocycles. The van der Waals surface area contributed by atoms with Crippen molar-refractivity contribution in [3.63, 3.8) is 0 Å². The van der Waals surface area contributed by atoms with Gasteiger partial charge in [0.05, 0.1) is 43.9 Å². The molecular formula is C20H24N10O5S. The highest BCUT2D eigenvalue weighted by Gasteiger charge is 2.32. The Labute approximate surface area is 205 Å². The van der Waals surface area contributed by atoms with E-state index in [0.717, 1.165) is 0 Å². The van der Waals surface area contributed by atoms with Crippen molar-refractivity contribution in [3.8, 4) is 29.0 Å². The second-order valence-corrected chi connectivity index (χ2v) is 9.81. The topological polar surface area (TPSA) is 185 Å². The maximum absolute atomic E-state index is 13.4. The number of rotatable bonds is 9. The fourth-order valence-corrected chi connectivity index (χ4v) is 4.63. The SMILES string of the molecule is COc1cnc([C@@H](C)[C@H](C)S(=O)(=O)Nc2nnc(-c3ccn(C)n3)n2-c2c(OC)nc[nH]c2=O)cn1. The fraction of sp³-hybridized carbons (Fsp3) is 0.350. The van der Waals surface area contributed by atoms with Gasteiger partial charge in [-0.05, 0) is 13.0 Å². The van der Waals surface area contributed by atoms with Crippen LogP contribution < -0.4 is 19.8 Å². The van der Waals surface area contributed by atoms with Crippen molar-refractivity contribution in [1.29, 1.82) is 0 Å². The number of nitrogens with zero attached hydrogens (tertiary/aromatic N) is 8. The molecule has 0 aromatic carbocycles. The molecular weight excluding hydrogens is 492 g/mol. The van der Waals surface area contributed by atoms with Crippen LogP contribution in [0.15, 0.2) is 35.8 Å². The van der Waals surface area contributed by atoms with E-state index in [1.165, 1.54) is 49.1 Å². The van der Waals surface area contributed by atoms with E-state index in [0.29, 0.717) is 17.3 Å². The lowest BCUT2D eigenvalue weighted by Crippen LogP contribution is -2.31. The Balaban J connectivity index is 1.77. The molecule has 190 valence electrons. The van der Waals surface area contributed by atoms with Gasteiger partial charge in [0.15, 0.2) is 11.5 Å². The molecule has 0 aliphatic carbocycles. The molecule has 4 aromatic rings. The quantitative estimate of drug-likeness (QED) is 0.315. The smallest absolute Gasteiger partial charge is 0.279 e. The van der Waals surface area contributed by atoms with Crippen molar-refractivity contribution in [3.05, 3.63) is 47.0 Å². The lowest BCUT2D eigenvalue weighted by Gasteiger charge is -2.20. The summed E-state index contributed by atoms with van der Waals surface area (Å²) in [5, 5.41) is 11.4. The first-order valence-corrected chi connectivity index (χ1v) is 12.2. The predicted octanol–water partition coefficient (Wildman–Crippen LogP) is 0.492. The van der Waals surface area contributed by atoms with Gasteiger partial charge >= 0.3 is 0 Å². The van der Waals surface area contributed by atoms with E-state index in [2.05, 4.69) is 40.0 Å². The van der Waals surface area contributed by atoms with E-state index in [4.69, 9.17) is 9.47 Å². The van der Waals surface area contributed by atoms with Gasteiger partial charge in [0, 0.05) is 19.2 Å². The zero-order valence-electron chi connectivity index (χ0n) is 20.1. The molecule has 0 aliphatic heterocycles. The monoisotopic (exact) mass is 516 g/mol. The van der Waals surface area contributed by atoms with Crippen LogP contribution in [0.5, 0.6) is 11.8 Å². The van der Waals surface area contributed by atoms with Crippen LogP contribution in [0.3, 0.4) is 0 Å². The number of hydrogen-bond donors (Lipinski definition) is 2. The third-order valence-electron chi connectivity index (χ3n) is 5.57. The molecule has 0 bridgehead atoms. The van der Waals surface area contributed by atoms with E-state index in [9.17, 15) is 13.2 Å². The van der Waals surface area contributed by atoms with Crippen molar-refractivity contribution < 1.29 is 17.9 Å². The van der Waals surface area contributed by atoms with Crippen LogP contribution in [0.2, 0.25) is 0 Å². The standard InChI is InChI=1S/C20H24N10O5S/c1-11(14-8-22-15(34-4)9-21-14)12(2)36(32,33)28-20-26-25-17(13-6-7-29(3)27-13)30(20)16-18(31)23-10-24-19(16)35-5/h6-12H,1-5H3,(H,26,28)(H,23,24,31)/t11-,12-/m0/s1. The van der Waals surface area contributed by atoms with Crippen LogP contribution in [-0.2, 0) is 17.1 Å². The van der Waals surface area contributed by atoms with Gasteiger partial charge in [0.1, 0.15) is 5.69 Å². The minimum Gasteiger partial charge on any atom is -0.480 e. The number of nitrogens with one attached hydrogen (secondary N) is 2. The lowest BCUT2D eigenvalue weighted by molar-refractivity contribution is 0.394. The molecule has 15 nitrogen and oxygen atoms in total. The minimum absolute atomic E-state index is 0.0638. The second kappa shape index (κ2) is 9.73. The van der Waals surface area contributed by atoms with Crippen LogP contribution >= 0.6 is 0 Å². The van der Waals surface area contributed by atoms with Crippen LogP contribution in [0.1, 0.15) is 25.5 Å². The second-order valence-electron chi connectivity index (χ2n) is 7.77. The van der Waals surface area contributed by atoms with Crippen molar-refractivity contribution >= 4 is 16.0 Å². The Kier molecular flexibility index (Phi) is 6.69. The molecule has 0 aliphatic rings. The van der Waals surface area contributed by atoms with Crippen LogP contribution in [0, 0.1) is 0 Å². The number of sulfonamides is 1. The first-order chi connectivity index (χ1) is 17.2. The molecule has 0 unspecified atom stereocenters. The number of aromatic nitrogens is 9. The number of anilines is 1. The summed E-state index contributed by atoms with van der Waals surface area (Å²) >= 11 is 0. The number of methoxy groups -OCH3 is 2. The van der Waals surface area contributed by atoms with Gasteiger partial charge in [-0.15, -0.1) is 10.2 Å². The summed E-state index contributed by atoms with van der Waals surface area (Å²) < 4.78 is 42.2. The van der Waals surface area contributed by atoms with E-state index in [1.807, 2.05) is 0 Å². The molecule has 2 N–H and O–H groups in total. The molecule has 16 heteroatoms. The maximum atomic E-state index is 13.4. The highest BCUT2D eigenvalue weighted by molar-refractivity contribution is 7.93. The Bertz CT molecular complexity index is 1530. The zero-order valence-corrected chi connectivity index (χ0v) is 20.9. The van der Waals surface area contributed by atoms with E-state index >= 15 is 0 Å². The molecule has 0 amide bonds. The Morgan fingerprint density at radius 2 is 1.86 bits per heavy atom. The maximum Gasteiger partial charge on any atom is 0.279 e. The molecule has 0 saturated heterocycles. The molecule has 0 saturated carbocycles. The minimum atomic E-state index is -4.07. The molecule has 0 fully saturated rings. The van der Waals surface area contributed by atoms with E-state index in [1.54, 1.807) is 26.2 Å².